The van der Waals surface area contributed by atoms with Gasteiger partial charge in [-0.15, -0.1) is 0 Å². The van der Waals surface area contributed by atoms with Gasteiger partial charge in [0.15, 0.2) is 5.16 Å². The van der Waals surface area contributed by atoms with Crippen molar-refractivity contribution in [3.8, 4) is 5.75 Å². The minimum absolute atomic E-state index is 0.0997. The number of rotatable bonds is 2. The zero-order valence-electron chi connectivity index (χ0n) is 12.0. The summed E-state index contributed by atoms with van der Waals surface area (Å²) >= 11 is 1.64. The second-order valence-electron chi connectivity index (χ2n) is 5.20. The smallest absolute Gasteiger partial charge is 0.234 e. The molecule has 1 unspecified atom stereocenters. The Labute approximate surface area is 132 Å². The number of methoxy groups -OCH3 is 1. The van der Waals surface area contributed by atoms with Crippen LogP contribution in [0.4, 0.5) is 0 Å². The van der Waals surface area contributed by atoms with Gasteiger partial charge >= 0.3 is 0 Å². The first-order chi connectivity index (χ1) is 10.8. The summed E-state index contributed by atoms with van der Waals surface area (Å²) in [5, 5.41) is 0.876. The standard InChI is InChI=1S/C17H14N2O2S/c1-21-12-8-6-11(7-9-12)15-10-16(20)19-14-5-3-2-4-13(14)18-17(19)22-15/h2-9,15H,10H2,1H3. The van der Waals surface area contributed by atoms with E-state index in [1.54, 1.807) is 23.4 Å². The molecule has 1 aromatic heterocycles. The van der Waals surface area contributed by atoms with Gasteiger partial charge in [0.2, 0.25) is 5.91 Å². The molecule has 0 saturated heterocycles. The van der Waals surface area contributed by atoms with Crippen LogP contribution in [0.1, 0.15) is 22.0 Å². The molecule has 0 bridgehead atoms. The van der Waals surface area contributed by atoms with E-state index in [0.29, 0.717) is 6.42 Å². The lowest BCUT2D eigenvalue weighted by atomic mass is 10.1. The second kappa shape index (κ2) is 5.18. The molecule has 1 aliphatic heterocycles. The Morgan fingerprint density at radius 3 is 2.73 bits per heavy atom. The molecule has 22 heavy (non-hydrogen) atoms. The molecular formula is C17H14N2O2S. The predicted molar refractivity (Wildman–Crippen MR) is 86.6 cm³/mol. The van der Waals surface area contributed by atoms with Crippen LogP contribution in [0, 0.1) is 0 Å². The largest absolute Gasteiger partial charge is 0.497 e. The van der Waals surface area contributed by atoms with Gasteiger partial charge in [0.1, 0.15) is 5.75 Å². The maximum Gasteiger partial charge on any atom is 0.234 e. The molecule has 4 nitrogen and oxygen atoms in total. The van der Waals surface area contributed by atoms with Crippen LogP contribution in [-0.4, -0.2) is 22.6 Å². The van der Waals surface area contributed by atoms with E-state index < -0.39 is 0 Å². The Morgan fingerprint density at radius 2 is 1.95 bits per heavy atom. The quantitative estimate of drug-likeness (QED) is 0.719. The number of hydrogen-bond acceptors (Lipinski definition) is 4. The lowest BCUT2D eigenvalue weighted by Gasteiger charge is -2.22. The Morgan fingerprint density at radius 1 is 1.18 bits per heavy atom. The van der Waals surface area contributed by atoms with Gasteiger partial charge in [-0.1, -0.05) is 36.0 Å². The van der Waals surface area contributed by atoms with Crippen LogP contribution in [0.3, 0.4) is 0 Å². The summed E-state index contributed by atoms with van der Waals surface area (Å²) in [6, 6.07) is 15.7. The topological polar surface area (TPSA) is 44.1 Å². The highest BCUT2D eigenvalue weighted by atomic mass is 32.2. The third kappa shape index (κ3) is 2.09. The average molecular weight is 310 g/mol. The minimum atomic E-state index is 0.0997. The highest BCUT2D eigenvalue weighted by molar-refractivity contribution is 7.99. The molecule has 0 amide bonds. The number of carbonyl (C=O) groups excluding carboxylic acids is 1. The van der Waals surface area contributed by atoms with Crippen molar-refractivity contribution in [2.24, 2.45) is 0 Å². The normalized spacial score (nSPS) is 17.5. The van der Waals surface area contributed by atoms with Gasteiger partial charge in [0, 0.05) is 11.7 Å². The van der Waals surface area contributed by atoms with Crippen molar-refractivity contribution in [2.75, 3.05) is 7.11 Å². The molecule has 0 radical (unpaired) electrons. The fourth-order valence-corrected chi connectivity index (χ4v) is 3.98. The van der Waals surface area contributed by atoms with Crippen molar-refractivity contribution in [1.29, 1.82) is 0 Å². The van der Waals surface area contributed by atoms with E-state index in [2.05, 4.69) is 4.98 Å². The molecule has 110 valence electrons. The number of thioether (sulfide) groups is 1. The van der Waals surface area contributed by atoms with Gasteiger partial charge in [0.25, 0.3) is 0 Å². The van der Waals surface area contributed by atoms with Crippen molar-refractivity contribution in [3.63, 3.8) is 0 Å². The Balaban J connectivity index is 1.73. The average Bonchev–Trinajstić information content (AvgIpc) is 2.93. The number of nitrogens with zero attached hydrogens (tertiary/aromatic N) is 2. The van der Waals surface area contributed by atoms with E-state index >= 15 is 0 Å². The second-order valence-corrected chi connectivity index (χ2v) is 6.37. The van der Waals surface area contributed by atoms with Crippen molar-refractivity contribution in [1.82, 2.24) is 9.55 Å². The van der Waals surface area contributed by atoms with Crippen LogP contribution >= 0.6 is 11.8 Å². The lowest BCUT2D eigenvalue weighted by Crippen LogP contribution is -2.19. The first kappa shape index (κ1) is 13.4. The zero-order chi connectivity index (χ0) is 15.1. The van der Waals surface area contributed by atoms with Crippen LogP contribution < -0.4 is 4.74 Å². The molecule has 4 rings (SSSR count). The van der Waals surface area contributed by atoms with E-state index in [9.17, 15) is 4.79 Å². The van der Waals surface area contributed by atoms with Gasteiger partial charge in [-0.2, -0.15) is 0 Å². The molecule has 2 aromatic carbocycles. The van der Waals surface area contributed by atoms with E-state index in [0.717, 1.165) is 27.5 Å². The maximum absolute atomic E-state index is 12.6. The number of aromatic nitrogens is 2. The molecule has 0 fully saturated rings. The van der Waals surface area contributed by atoms with Crippen molar-refractivity contribution >= 4 is 28.7 Å². The first-order valence-corrected chi connectivity index (χ1v) is 7.95. The summed E-state index contributed by atoms with van der Waals surface area (Å²) in [4.78, 5) is 17.1. The van der Waals surface area contributed by atoms with Gasteiger partial charge in [0.05, 0.1) is 18.1 Å². The number of benzene rings is 2. The zero-order valence-corrected chi connectivity index (χ0v) is 12.8. The molecule has 0 N–H and O–H groups in total. The van der Waals surface area contributed by atoms with Gasteiger partial charge in [-0.25, -0.2) is 4.98 Å². The number of ether oxygens (including phenoxy) is 1. The van der Waals surface area contributed by atoms with Crippen LogP contribution in [-0.2, 0) is 0 Å². The van der Waals surface area contributed by atoms with E-state index in [1.165, 1.54) is 0 Å². The summed E-state index contributed by atoms with van der Waals surface area (Å²) < 4.78 is 6.92. The number of hydrogen-bond donors (Lipinski definition) is 0. The molecule has 2 heterocycles. The summed E-state index contributed by atoms with van der Waals surface area (Å²) in [5.74, 6) is 0.923. The van der Waals surface area contributed by atoms with Crippen LogP contribution in [0.2, 0.25) is 0 Å². The van der Waals surface area contributed by atoms with Crippen molar-refractivity contribution < 1.29 is 9.53 Å². The Hall–Kier alpha value is -2.27. The third-order valence-corrected chi connectivity index (χ3v) is 5.08. The van der Waals surface area contributed by atoms with Crippen LogP contribution in [0.15, 0.2) is 53.7 Å². The van der Waals surface area contributed by atoms with Crippen LogP contribution in [0.25, 0.3) is 11.0 Å². The predicted octanol–water partition coefficient (Wildman–Crippen LogP) is 3.92. The first-order valence-electron chi connectivity index (χ1n) is 7.07. The third-order valence-electron chi connectivity index (χ3n) is 3.87. The molecule has 0 spiro atoms. The fraction of sp³-hybridized carbons (Fsp3) is 0.176. The van der Waals surface area contributed by atoms with Crippen LogP contribution in [0.5, 0.6) is 5.75 Å². The maximum atomic E-state index is 12.6. The van der Waals surface area contributed by atoms with Gasteiger partial charge in [-0.3, -0.25) is 9.36 Å². The number of para-hydroxylation sites is 2. The molecular weight excluding hydrogens is 296 g/mol. The van der Waals surface area contributed by atoms with E-state index in [1.807, 2.05) is 48.5 Å². The van der Waals surface area contributed by atoms with Crippen molar-refractivity contribution in [3.05, 3.63) is 54.1 Å². The van der Waals surface area contributed by atoms with Gasteiger partial charge < -0.3 is 4.74 Å². The monoisotopic (exact) mass is 310 g/mol. The van der Waals surface area contributed by atoms with E-state index in [-0.39, 0.29) is 11.2 Å². The highest BCUT2D eigenvalue weighted by Gasteiger charge is 2.29. The van der Waals surface area contributed by atoms with Crippen molar-refractivity contribution in [2.45, 2.75) is 16.8 Å². The summed E-state index contributed by atoms with van der Waals surface area (Å²) in [6.45, 7) is 0. The Kier molecular flexibility index (Phi) is 3.15. The molecule has 3 aromatic rings. The number of imidazole rings is 1. The van der Waals surface area contributed by atoms with E-state index in [4.69, 9.17) is 4.74 Å². The molecule has 1 atom stereocenters. The Bertz CT molecular complexity index is 855. The lowest BCUT2D eigenvalue weighted by molar-refractivity contribution is 0.0891. The summed E-state index contributed by atoms with van der Waals surface area (Å²) in [7, 11) is 1.65. The van der Waals surface area contributed by atoms with Gasteiger partial charge in [-0.05, 0) is 29.8 Å². The molecule has 5 heteroatoms. The summed E-state index contributed by atoms with van der Waals surface area (Å²) in [6.07, 6.45) is 0.477. The molecule has 0 saturated carbocycles. The minimum Gasteiger partial charge on any atom is -0.497 e. The molecule has 1 aliphatic rings. The summed E-state index contributed by atoms with van der Waals surface area (Å²) in [5.41, 5.74) is 2.88. The SMILES string of the molecule is COc1ccc(C2CC(=O)n3c(nc4ccccc43)S2)cc1. The number of fused-ring (bicyclic) bond motifs is 3. The number of carbonyl (C=O) groups is 1. The fourth-order valence-electron chi connectivity index (χ4n) is 2.75. The molecule has 0 aliphatic carbocycles. The highest BCUT2D eigenvalue weighted by Crippen LogP contribution is 2.43.